The molecule has 1 aliphatic heterocycles. The zero-order chi connectivity index (χ0) is 8.97. The van der Waals surface area contributed by atoms with Gasteiger partial charge in [-0.3, -0.25) is 9.80 Å². The Labute approximate surface area is 73.0 Å². The van der Waals surface area contributed by atoms with Crippen molar-refractivity contribution < 1.29 is 5.11 Å². The van der Waals surface area contributed by atoms with Crippen LogP contribution in [0.4, 0.5) is 0 Å². The molecular formula is C8H15N3O. The fourth-order valence-electron chi connectivity index (χ4n) is 1.40. The highest BCUT2D eigenvalue weighted by molar-refractivity contribution is 4.80. The van der Waals surface area contributed by atoms with E-state index in [1.54, 1.807) is 6.92 Å². The van der Waals surface area contributed by atoms with Crippen molar-refractivity contribution in [3.8, 4) is 6.07 Å². The quantitative estimate of drug-likeness (QED) is 0.564. The minimum Gasteiger partial charge on any atom is -0.379 e. The van der Waals surface area contributed by atoms with Crippen LogP contribution >= 0.6 is 0 Å². The predicted molar refractivity (Wildman–Crippen MR) is 45.3 cm³/mol. The van der Waals surface area contributed by atoms with Crippen molar-refractivity contribution in [2.45, 2.75) is 13.2 Å². The largest absolute Gasteiger partial charge is 0.379 e. The number of piperazine rings is 1. The minimum absolute atomic E-state index is 0.353. The molecule has 4 heteroatoms. The molecule has 1 N–H and O–H groups in total. The van der Waals surface area contributed by atoms with Crippen LogP contribution in [0.1, 0.15) is 6.92 Å². The van der Waals surface area contributed by atoms with Crippen LogP contribution in [0.3, 0.4) is 0 Å². The van der Waals surface area contributed by atoms with Crippen molar-refractivity contribution in [3.63, 3.8) is 0 Å². The molecule has 12 heavy (non-hydrogen) atoms. The van der Waals surface area contributed by atoms with E-state index in [1.165, 1.54) is 0 Å². The summed E-state index contributed by atoms with van der Waals surface area (Å²) in [6.45, 7) is 5.78. The van der Waals surface area contributed by atoms with E-state index in [-0.39, 0.29) is 6.23 Å². The molecule has 1 aliphatic rings. The van der Waals surface area contributed by atoms with Crippen molar-refractivity contribution in [2.75, 3.05) is 32.7 Å². The summed E-state index contributed by atoms with van der Waals surface area (Å²) in [5.41, 5.74) is 0. The maximum atomic E-state index is 9.24. The normalized spacial score (nSPS) is 23.4. The smallest absolute Gasteiger partial charge is 0.104 e. The zero-order valence-corrected chi connectivity index (χ0v) is 7.40. The molecule has 68 valence electrons. The second-order valence-corrected chi connectivity index (χ2v) is 3.10. The van der Waals surface area contributed by atoms with Crippen molar-refractivity contribution in [1.29, 1.82) is 5.26 Å². The van der Waals surface area contributed by atoms with Crippen molar-refractivity contribution in [2.24, 2.45) is 0 Å². The van der Waals surface area contributed by atoms with E-state index in [0.29, 0.717) is 6.54 Å². The topological polar surface area (TPSA) is 50.5 Å². The highest BCUT2D eigenvalue weighted by Gasteiger charge is 2.18. The number of nitrogens with zero attached hydrogens (tertiary/aromatic N) is 3. The summed E-state index contributed by atoms with van der Waals surface area (Å²) in [5.74, 6) is 0. The Morgan fingerprint density at radius 3 is 2.42 bits per heavy atom. The second kappa shape index (κ2) is 4.41. The first-order valence-corrected chi connectivity index (χ1v) is 4.25. The minimum atomic E-state index is -0.353. The van der Waals surface area contributed by atoms with Crippen molar-refractivity contribution >= 4 is 0 Å². The Hall–Kier alpha value is -0.630. The highest BCUT2D eigenvalue weighted by atomic mass is 16.3. The number of aliphatic hydroxyl groups is 1. The molecule has 1 atom stereocenters. The Balaban J connectivity index is 2.26. The van der Waals surface area contributed by atoms with E-state index in [1.807, 2.05) is 4.90 Å². The monoisotopic (exact) mass is 169 g/mol. The Morgan fingerprint density at radius 2 is 2.00 bits per heavy atom. The molecule has 0 aliphatic carbocycles. The molecule has 1 saturated heterocycles. The third-order valence-corrected chi connectivity index (χ3v) is 2.23. The van der Waals surface area contributed by atoms with Gasteiger partial charge in [0.1, 0.15) is 6.23 Å². The molecule has 0 aromatic carbocycles. The van der Waals surface area contributed by atoms with Gasteiger partial charge >= 0.3 is 0 Å². The van der Waals surface area contributed by atoms with Crippen LogP contribution in [0.2, 0.25) is 0 Å². The van der Waals surface area contributed by atoms with Gasteiger partial charge < -0.3 is 5.11 Å². The second-order valence-electron chi connectivity index (χ2n) is 3.10. The fourth-order valence-corrected chi connectivity index (χ4v) is 1.40. The summed E-state index contributed by atoms with van der Waals surface area (Å²) in [7, 11) is 0. The maximum Gasteiger partial charge on any atom is 0.104 e. The molecule has 1 rings (SSSR count). The predicted octanol–water partition coefficient (Wildman–Crippen LogP) is -0.534. The summed E-state index contributed by atoms with van der Waals surface area (Å²) < 4.78 is 0. The lowest BCUT2D eigenvalue weighted by molar-refractivity contribution is -0.0104. The first-order valence-electron chi connectivity index (χ1n) is 4.25. The van der Waals surface area contributed by atoms with Gasteiger partial charge in [0, 0.05) is 26.2 Å². The fraction of sp³-hybridized carbons (Fsp3) is 0.875. The van der Waals surface area contributed by atoms with E-state index in [2.05, 4.69) is 11.0 Å². The Bertz CT molecular complexity index is 168. The van der Waals surface area contributed by atoms with Gasteiger partial charge in [-0.05, 0) is 6.92 Å². The molecule has 0 spiro atoms. The summed E-state index contributed by atoms with van der Waals surface area (Å²) in [6.07, 6.45) is -0.353. The molecule has 0 aromatic rings. The van der Waals surface area contributed by atoms with Crippen LogP contribution in [0.25, 0.3) is 0 Å². The zero-order valence-electron chi connectivity index (χ0n) is 7.40. The Morgan fingerprint density at radius 1 is 1.42 bits per heavy atom. The molecule has 0 aromatic heterocycles. The van der Waals surface area contributed by atoms with Crippen LogP contribution in [-0.4, -0.2) is 53.9 Å². The van der Waals surface area contributed by atoms with E-state index in [4.69, 9.17) is 5.26 Å². The Kier molecular flexibility index (Phi) is 3.48. The third-order valence-electron chi connectivity index (χ3n) is 2.23. The average molecular weight is 169 g/mol. The van der Waals surface area contributed by atoms with Crippen LogP contribution in [0, 0.1) is 11.3 Å². The van der Waals surface area contributed by atoms with Gasteiger partial charge in [-0.1, -0.05) is 0 Å². The van der Waals surface area contributed by atoms with Gasteiger partial charge in [-0.25, -0.2) is 0 Å². The van der Waals surface area contributed by atoms with Gasteiger partial charge in [-0.15, -0.1) is 0 Å². The maximum absolute atomic E-state index is 9.24. The number of rotatable bonds is 2. The van der Waals surface area contributed by atoms with Crippen LogP contribution < -0.4 is 0 Å². The number of hydrogen-bond donors (Lipinski definition) is 1. The first kappa shape index (κ1) is 9.46. The molecule has 0 amide bonds. The van der Waals surface area contributed by atoms with Gasteiger partial charge in [0.25, 0.3) is 0 Å². The van der Waals surface area contributed by atoms with Crippen LogP contribution in [0.5, 0.6) is 0 Å². The molecule has 1 unspecified atom stereocenters. The van der Waals surface area contributed by atoms with Gasteiger partial charge in [0.15, 0.2) is 0 Å². The van der Waals surface area contributed by atoms with Crippen LogP contribution in [0.15, 0.2) is 0 Å². The number of aliphatic hydroxyl groups excluding tert-OH is 1. The van der Waals surface area contributed by atoms with E-state index >= 15 is 0 Å². The summed E-state index contributed by atoms with van der Waals surface area (Å²) in [5, 5.41) is 17.7. The molecule has 0 radical (unpaired) electrons. The van der Waals surface area contributed by atoms with Crippen molar-refractivity contribution in [3.05, 3.63) is 0 Å². The van der Waals surface area contributed by atoms with Gasteiger partial charge in [-0.2, -0.15) is 5.26 Å². The molecule has 0 saturated carbocycles. The summed E-state index contributed by atoms with van der Waals surface area (Å²) >= 11 is 0. The van der Waals surface area contributed by atoms with E-state index in [9.17, 15) is 5.11 Å². The summed E-state index contributed by atoms with van der Waals surface area (Å²) in [4.78, 5) is 4.10. The molecule has 0 bridgehead atoms. The lowest BCUT2D eigenvalue weighted by Crippen LogP contribution is -2.49. The highest BCUT2D eigenvalue weighted by Crippen LogP contribution is 2.03. The molecule has 1 heterocycles. The average Bonchev–Trinajstić information content (AvgIpc) is 2.06. The standard InChI is InChI=1S/C8H15N3O/c1-8(12)11-6-4-10(3-2-9)5-7-11/h8,12H,3-7H2,1H3. The lowest BCUT2D eigenvalue weighted by Gasteiger charge is -2.34. The van der Waals surface area contributed by atoms with Crippen molar-refractivity contribution in [1.82, 2.24) is 9.80 Å². The first-order chi connectivity index (χ1) is 5.74. The summed E-state index contributed by atoms with van der Waals surface area (Å²) in [6, 6.07) is 2.13. The van der Waals surface area contributed by atoms with Crippen LogP contribution in [-0.2, 0) is 0 Å². The SMILES string of the molecule is CC(O)N1CCN(CC#N)CC1. The molecule has 4 nitrogen and oxygen atoms in total. The van der Waals surface area contributed by atoms with E-state index in [0.717, 1.165) is 26.2 Å². The van der Waals surface area contributed by atoms with Gasteiger partial charge in [0.05, 0.1) is 12.6 Å². The molecule has 1 fully saturated rings. The number of nitriles is 1. The van der Waals surface area contributed by atoms with E-state index < -0.39 is 0 Å². The molecular weight excluding hydrogens is 154 g/mol. The lowest BCUT2D eigenvalue weighted by atomic mass is 10.3. The number of hydrogen-bond acceptors (Lipinski definition) is 4. The third kappa shape index (κ3) is 2.45. The van der Waals surface area contributed by atoms with Gasteiger partial charge in [0.2, 0.25) is 0 Å².